The Morgan fingerprint density at radius 2 is 0.828 bits per heavy atom. The molecule has 2 heterocycles. The molecule has 2 aliphatic carbocycles. The van der Waals surface area contributed by atoms with Crippen molar-refractivity contribution in [3.8, 4) is 78.5 Å². The third-order valence-electron chi connectivity index (χ3n) is 12.3. The highest BCUT2D eigenvalue weighted by atomic mass is 14.9. The van der Waals surface area contributed by atoms with Crippen molar-refractivity contribution in [2.24, 2.45) is 0 Å². The van der Waals surface area contributed by atoms with Crippen LogP contribution in [0.2, 0.25) is 0 Å². The fourth-order valence-corrected chi connectivity index (χ4v) is 9.64. The molecule has 8 aromatic carbocycles. The molecule has 10 aromatic rings. The minimum Gasteiger partial charge on any atom is -0.361 e. The van der Waals surface area contributed by atoms with Gasteiger partial charge in [0.15, 0.2) is 5.82 Å². The molecule has 0 radical (unpaired) electrons. The number of nitrogens with zero attached hydrogens (tertiary/aromatic N) is 2. The second-order valence-electron chi connectivity index (χ2n) is 15.4. The Morgan fingerprint density at radius 1 is 0.328 bits per heavy atom. The maximum atomic E-state index is 5.37. The van der Waals surface area contributed by atoms with Gasteiger partial charge in [-0.15, -0.1) is 0 Å². The first-order valence-corrected chi connectivity index (χ1v) is 19.9. The highest BCUT2D eigenvalue weighted by Gasteiger charge is 2.51. The van der Waals surface area contributed by atoms with E-state index >= 15 is 0 Å². The van der Waals surface area contributed by atoms with Gasteiger partial charge in [-0.3, -0.25) is 0 Å². The lowest BCUT2D eigenvalue weighted by Crippen LogP contribution is -2.25. The number of nitrogens with one attached hydrogen (secondary N) is 1. The Kier molecular flexibility index (Phi) is 7.14. The topological polar surface area (TPSA) is 41.6 Å². The third-order valence-corrected chi connectivity index (χ3v) is 12.3. The number of hydrogen-bond acceptors (Lipinski definition) is 2. The van der Waals surface area contributed by atoms with E-state index in [0.29, 0.717) is 5.82 Å². The zero-order chi connectivity index (χ0) is 38.2. The molecule has 270 valence electrons. The van der Waals surface area contributed by atoms with Gasteiger partial charge < -0.3 is 4.98 Å². The average Bonchev–Trinajstić information content (AvgIpc) is 4.02. The number of benzene rings is 8. The summed E-state index contributed by atoms with van der Waals surface area (Å²) in [7, 11) is 0. The van der Waals surface area contributed by atoms with Crippen LogP contribution in [0.4, 0.5) is 0 Å². The number of rotatable bonds is 5. The Morgan fingerprint density at radius 3 is 1.45 bits per heavy atom. The Bertz CT molecular complexity index is 3150. The van der Waals surface area contributed by atoms with Crippen LogP contribution >= 0.6 is 0 Å². The first kappa shape index (κ1) is 32.6. The number of aromatic nitrogens is 3. The summed E-state index contributed by atoms with van der Waals surface area (Å²) < 4.78 is 0. The molecule has 3 heteroatoms. The standard InChI is InChI=1S/C55H35N3/c1-2-11-40-32-41(28-23-35(40)10-1)53-34-52(39-26-21-37(22-27-39)36-19-24-38(25-20-36)51-18-9-31-56-51)57-54(58-53)42-29-30-46-45-14-5-8-17-49(45)55(50(46)33-42)47-15-6-3-12-43(47)44-13-4-7-16-48(44)55/h1-34,56H. The quantitative estimate of drug-likeness (QED) is 0.191. The molecule has 58 heavy (non-hydrogen) atoms. The summed E-state index contributed by atoms with van der Waals surface area (Å²) in [6, 6.07) is 72.6. The summed E-state index contributed by atoms with van der Waals surface area (Å²) >= 11 is 0. The van der Waals surface area contributed by atoms with Gasteiger partial charge in [0.1, 0.15) is 0 Å². The Labute approximate surface area is 337 Å². The number of hydrogen-bond donors (Lipinski definition) is 1. The lowest BCUT2D eigenvalue weighted by molar-refractivity contribution is 0.794. The van der Waals surface area contributed by atoms with Gasteiger partial charge in [0.05, 0.1) is 16.8 Å². The van der Waals surface area contributed by atoms with Crippen molar-refractivity contribution < 1.29 is 0 Å². The van der Waals surface area contributed by atoms with Gasteiger partial charge in [0.25, 0.3) is 0 Å². The third kappa shape index (κ3) is 4.87. The van der Waals surface area contributed by atoms with Crippen molar-refractivity contribution in [3.05, 3.63) is 229 Å². The van der Waals surface area contributed by atoms with Crippen LogP contribution in [0.5, 0.6) is 0 Å². The van der Waals surface area contributed by atoms with Crippen LogP contribution in [0.15, 0.2) is 206 Å². The molecule has 3 nitrogen and oxygen atoms in total. The predicted molar refractivity (Wildman–Crippen MR) is 237 cm³/mol. The van der Waals surface area contributed by atoms with Gasteiger partial charge >= 0.3 is 0 Å². The van der Waals surface area contributed by atoms with Gasteiger partial charge in [0, 0.05) is 28.6 Å². The van der Waals surface area contributed by atoms with Gasteiger partial charge in [-0.1, -0.05) is 170 Å². The van der Waals surface area contributed by atoms with Crippen LogP contribution in [0.3, 0.4) is 0 Å². The van der Waals surface area contributed by atoms with Crippen molar-refractivity contribution >= 4 is 10.8 Å². The second-order valence-corrected chi connectivity index (χ2v) is 15.4. The van der Waals surface area contributed by atoms with E-state index < -0.39 is 5.41 Å². The zero-order valence-electron chi connectivity index (χ0n) is 31.5. The highest BCUT2D eigenvalue weighted by molar-refractivity contribution is 5.96. The van der Waals surface area contributed by atoms with Crippen molar-refractivity contribution in [2.45, 2.75) is 5.41 Å². The molecule has 12 rings (SSSR count). The van der Waals surface area contributed by atoms with Gasteiger partial charge in [-0.2, -0.15) is 0 Å². The molecule has 1 spiro atoms. The van der Waals surface area contributed by atoms with E-state index in [0.717, 1.165) is 39.3 Å². The molecule has 2 aliphatic rings. The first-order valence-electron chi connectivity index (χ1n) is 19.9. The average molecular weight is 738 g/mol. The van der Waals surface area contributed by atoms with E-state index in [9.17, 15) is 0 Å². The lowest BCUT2D eigenvalue weighted by Gasteiger charge is -2.30. The van der Waals surface area contributed by atoms with E-state index in [1.807, 2.05) is 12.3 Å². The monoisotopic (exact) mass is 737 g/mol. The molecular weight excluding hydrogens is 703 g/mol. The molecule has 0 amide bonds. The van der Waals surface area contributed by atoms with E-state index in [1.165, 1.54) is 66.4 Å². The van der Waals surface area contributed by atoms with Crippen LogP contribution in [-0.2, 0) is 5.41 Å². The molecular formula is C55H35N3. The Hall–Kier alpha value is -7.62. The smallest absolute Gasteiger partial charge is 0.160 e. The summed E-state index contributed by atoms with van der Waals surface area (Å²) in [5.74, 6) is 0.707. The molecule has 0 atom stereocenters. The van der Waals surface area contributed by atoms with E-state index in [1.54, 1.807) is 0 Å². The minimum absolute atomic E-state index is 0.441. The van der Waals surface area contributed by atoms with Crippen molar-refractivity contribution in [3.63, 3.8) is 0 Å². The van der Waals surface area contributed by atoms with E-state index in [-0.39, 0.29) is 0 Å². The van der Waals surface area contributed by atoms with Crippen LogP contribution in [-0.4, -0.2) is 15.0 Å². The number of H-pyrrole nitrogens is 1. The summed E-state index contributed by atoms with van der Waals surface area (Å²) in [4.78, 5) is 14.0. The maximum Gasteiger partial charge on any atom is 0.160 e. The van der Waals surface area contributed by atoms with E-state index in [2.05, 4.69) is 199 Å². The fraction of sp³-hybridized carbons (Fsp3) is 0.0182. The molecule has 0 fully saturated rings. The largest absolute Gasteiger partial charge is 0.361 e. The normalized spacial score (nSPS) is 13.0. The van der Waals surface area contributed by atoms with Crippen LogP contribution in [0.25, 0.3) is 89.3 Å². The van der Waals surface area contributed by atoms with Gasteiger partial charge in [0.2, 0.25) is 0 Å². The molecule has 0 aliphatic heterocycles. The second kappa shape index (κ2) is 12.7. The summed E-state index contributed by atoms with van der Waals surface area (Å²) in [5, 5.41) is 2.39. The van der Waals surface area contributed by atoms with Crippen molar-refractivity contribution in [2.75, 3.05) is 0 Å². The molecule has 2 aromatic heterocycles. The summed E-state index contributed by atoms with van der Waals surface area (Å²) in [5.41, 5.74) is 19.4. The lowest BCUT2D eigenvalue weighted by atomic mass is 9.70. The first-order chi connectivity index (χ1) is 28.7. The van der Waals surface area contributed by atoms with Crippen LogP contribution < -0.4 is 0 Å². The highest BCUT2D eigenvalue weighted by Crippen LogP contribution is 2.63. The minimum atomic E-state index is -0.441. The van der Waals surface area contributed by atoms with Crippen molar-refractivity contribution in [1.29, 1.82) is 0 Å². The molecule has 0 bridgehead atoms. The molecule has 0 unspecified atom stereocenters. The Balaban J connectivity index is 1.02. The fourth-order valence-electron chi connectivity index (χ4n) is 9.64. The van der Waals surface area contributed by atoms with Crippen molar-refractivity contribution in [1.82, 2.24) is 15.0 Å². The molecule has 0 saturated carbocycles. The molecule has 1 N–H and O–H groups in total. The summed E-state index contributed by atoms with van der Waals surface area (Å²) in [6.07, 6.45) is 1.96. The van der Waals surface area contributed by atoms with Crippen LogP contribution in [0, 0.1) is 0 Å². The zero-order valence-corrected chi connectivity index (χ0v) is 31.5. The van der Waals surface area contributed by atoms with Gasteiger partial charge in [-0.05, 0) is 102 Å². The summed E-state index contributed by atoms with van der Waals surface area (Å²) in [6.45, 7) is 0. The SMILES string of the molecule is c1c[nH]c(-c2ccc(-c3ccc(-c4cc(-c5ccc6ccccc6c5)nc(-c5ccc6c(c5)C5(c7ccccc7-c7ccccc75)c5ccccc5-6)n4)cc3)cc2)c1. The number of fused-ring (bicyclic) bond motifs is 11. The number of aromatic amines is 1. The van der Waals surface area contributed by atoms with E-state index in [4.69, 9.17) is 9.97 Å². The van der Waals surface area contributed by atoms with Gasteiger partial charge in [-0.25, -0.2) is 9.97 Å². The maximum absolute atomic E-state index is 5.37. The predicted octanol–water partition coefficient (Wildman–Crippen LogP) is 13.6. The van der Waals surface area contributed by atoms with Crippen LogP contribution in [0.1, 0.15) is 22.3 Å². The molecule has 0 saturated heterocycles.